The van der Waals surface area contributed by atoms with Gasteiger partial charge in [-0.3, -0.25) is 4.99 Å². The predicted molar refractivity (Wildman–Crippen MR) is 97.6 cm³/mol. The third-order valence-corrected chi connectivity index (χ3v) is 2.63. The van der Waals surface area contributed by atoms with E-state index in [1.807, 2.05) is 24.3 Å². The van der Waals surface area contributed by atoms with Gasteiger partial charge in [-0.15, -0.1) is 30.6 Å². The van der Waals surface area contributed by atoms with Gasteiger partial charge in [-0.2, -0.15) is 0 Å². The summed E-state index contributed by atoms with van der Waals surface area (Å²) >= 11 is 0. The molecule has 0 saturated heterocycles. The third kappa shape index (κ3) is 7.91. The molecule has 0 aliphatic heterocycles. The molecule has 0 saturated carbocycles. The van der Waals surface area contributed by atoms with Crippen LogP contribution in [-0.4, -0.2) is 39.8 Å². The van der Waals surface area contributed by atoms with E-state index < -0.39 is 0 Å². The van der Waals surface area contributed by atoms with Gasteiger partial charge >= 0.3 is 0 Å². The van der Waals surface area contributed by atoms with Crippen LogP contribution in [0.4, 0.5) is 0 Å². The van der Waals surface area contributed by atoms with Gasteiger partial charge in [-0.1, -0.05) is 24.3 Å². The summed E-state index contributed by atoms with van der Waals surface area (Å²) in [6.45, 7) is 6.14. The molecule has 1 aromatic carbocycles. The zero-order valence-electron chi connectivity index (χ0n) is 12.6. The average molecular weight is 405 g/mol. The van der Waals surface area contributed by atoms with Gasteiger partial charge in [0.05, 0.1) is 20.3 Å². The van der Waals surface area contributed by atoms with Crippen molar-refractivity contribution in [2.24, 2.45) is 4.99 Å². The number of hydrogen-bond acceptors (Lipinski definition) is 3. The first-order valence-corrected chi connectivity index (χ1v) is 6.57. The number of ether oxygens (including phenoxy) is 2. The Morgan fingerprint density at radius 1 is 1.33 bits per heavy atom. The van der Waals surface area contributed by atoms with E-state index >= 15 is 0 Å². The first-order chi connectivity index (χ1) is 9.81. The number of methoxy groups -OCH3 is 1. The molecule has 1 aromatic rings. The Morgan fingerprint density at radius 2 is 2.10 bits per heavy atom. The van der Waals surface area contributed by atoms with Crippen LogP contribution in [0, 0.1) is 0 Å². The van der Waals surface area contributed by atoms with Crippen LogP contribution >= 0.6 is 24.0 Å². The highest BCUT2D eigenvalue weighted by atomic mass is 127. The van der Waals surface area contributed by atoms with Crippen molar-refractivity contribution < 1.29 is 9.47 Å². The lowest BCUT2D eigenvalue weighted by molar-refractivity contribution is 0.123. The Kier molecular flexibility index (Phi) is 11.7. The standard InChI is InChI=1S/C15H23N3O2.HI/c1-4-9-17-15(16-2)18-10-11-20-12-13-7-5-6-8-14(13)19-3;/h4-8H,1,9-12H2,2-3H3,(H2,16,17,18);1H. The van der Waals surface area contributed by atoms with Gasteiger partial charge in [0.1, 0.15) is 5.75 Å². The summed E-state index contributed by atoms with van der Waals surface area (Å²) in [4.78, 5) is 4.08. The van der Waals surface area contributed by atoms with E-state index in [4.69, 9.17) is 9.47 Å². The second-order valence-corrected chi connectivity index (χ2v) is 4.03. The highest BCUT2D eigenvalue weighted by Gasteiger charge is 2.01. The van der Waals surface area contributed by atoms with Crippen molar-refractivity contribution in [3.8, 4) is 5.75 Å². The van der Waals surface area contributed by atoms with Crippen molar-refractivity contribution in [1.82, 2.24) is 10.6 Å². The van der Waals surface area contributed by atoms with Gasteiger partial charge in [0.15, 0.2) is 5.96 Å². The van der Waals surface area contributed by atoms with Crippen molar-refractivity contribution in [2.75, 3.05) is 33.9 Å². The van der Waals surface area contributed by atoms with Crippen LogP contribution in [0.25, 0.3) is 0 Å². The Hall–Kier alpha value is -1.28. The van der Waals surface area contributed by atoms with Crippen LogP contribution in [0.5, 0.6) is 5.75 Å². The van der Waals surface area contributed by atoms with E-state index in [1.54, 1.807) is 20.2 Å². The highest BCUT2D eigenvalue weighted by molar-refractivity contribution is 14.0. The highest BCUT2D eigenvalue weighted by Crippen LogP contribution is 2.17. The molecule has 0 aliphatic rings. The number of guanidine groups is 1. The molecule has 21 heavy (non-hydrogen) atoms. The van der Waals surface area contributed by atoms with E-state index in [2.05, 4.69) is 22.2 Å². The SMILES string of the molecule is C=CCNC(=NC)NCCOCc1ccccc1OC.I. The first-order valence-electron chi connectivity index (χ1n) is 6.57. The zero-order chi connectivity index (χ0) is 14.6. The number of halogens is 1. The monoisotopic (exact) mass is 405 g/mol. The molecular weight excluding hydrogens is 381 g/mol. The lowest BCUT2D eigenvalue weighted by Gasteiger charge is -2.11. The van der Waals surface area contributed by atoms with Gasteiger partial charge < -0.3 is 20.1 Å². The van der Waals surface area contributed by atoms with Crippen molar-refractivity contribution in [1.29, 1.82) is 0 Å². The van der Waals surface area contributed by atoms with Gasteiger partial charge in [0.2, 0.25) is 0 Å². The van der Waals surface area contributed by atoms with Gasteiger partial charge in [-0.05, 0) is 6.07 Å². The summed E-state index contributed by atoms with van der Waals surface area (Å²) in [5.41, 5.74) is 1.05. The van der Waals surface area contributed by atoms with Crippen molar-refractivity contribution in [2.45, 2.75) is 6.61 Å². The maximum atomic E-state index is 5.62. The topological polar surface area (TPSA) is 54.9 Å². The fourth-order valence-corrected chi connectivity index (χ4v) is 1.64. The molecule has 0 aliphatic carbocycles. The minimum absolute atomic E-state index is 0. The first kappa shape index (κ1) is 19.7. The molecule has 2 N–H and O–H groups in total. The van der Waals surface area contributed by atoms with Crippen LogP contribution in [0.3, 0.4) is 0 Å². The van der Waals surface area contributed by atoms with Crippen LogP contribution in [-0.2, 0) is 11.3 Å². The molecule has 0 amide bonds. The Bertz CT molecular complexity index is 439. The smallest absolute Gasteiger partial charge is 0.191 e. The van der Waals surface area contributed by atoms with E-state index in [9.17, 15) is 0 Å². The fraction of sp³-hybridized carbons (Fsp3) is 0.400. The molecule has 1 rings (SSSR count). The molecular formula is C15H24IN3O2. The number of benzene rings is 1. The predicted octanol–water partition coefficient (Wildman–Crippen LogP) is 2.18. The third-order valence-electron chi connectivity index (χ3n) is 2.63. The number of nitrogens with zero attached hydrogens (tertiary/aromatic N) is 1. The van der Waals surface area contributed by atoms with Crippen molar-refractivity contribution >= 4 is 29.9 Å². The quantitative estimate of drug-likeness (QED) is 0.229. The molecule has 0 fully saturated rings. The molecule has 118 valence electrons. The summed E-state index contributed by atoms with van der Waals surface area (Å²) < 4.78 is 10.9. The summed E-state index contributed by atoms with van der Waals surface area (Å²) in [5.74, 6) is 1.59. The van der Waals surface area contributed by atoms with Crippen molar-refractivity contribution in [3.05, 3.63) is 42.5 Å². The summed E-state index contributed by atoms with van der Waals surface area (Å²) in [5, 5.41) is 6.25. The number of hydrogen-bond donors (Lipinski definition) is 2. The maximum Gasteiger partial charge on any atom is 0.191 e. The molecule has 0 aromatic heterocycles. The van der Waals surface area contributed by atoms with Gasteiger partial charge in [0, 0.05) is 25.7 Å². The normalized spacial score (nSPS) is 10.5. The molecule has 0 bridgehead atoms. The average Bonchev–Trinajstić information content (AvgIpc) is 2.50. The second-order valence-electron chi connectivity index (χ2n) is 4.03. The van der Waals surface area contributed by atoms with Crippen LogP contribution in [0.2, 0.25) is 0 Å². The zero-order valence-corrected chi connectivity index (χ0v) is 14.9. The number of aliphatic imine (C=N–C) groups is 1. The minimum atomic E-state index is 0. The molecule has 0 spiro atoms. The summed E-state index contributed by atoms with van der Waals surface area (Å²) in [7, 11) is 3.39. The number of rotatable bonds is 8. The number of nitrogens with one attached hydrogen (secondary N) is 2. The molecule has 0 radical (unpaired) electrons. The molecule has 6 heteroatoms. The Labute approximate surface area is 143 Å². The number of para-hydroxylation sites is 1. The van der Waals surface area contributed by atoms with E-state index in [0.29, 0.717) is 26.3 Å². The molecule has 0 heterocycles. The lowest BCUT2D eigenvalue weighted by Crippen LogP contribution is -2.38. The molecule has 0 atom stereocenters. The van der Waals surface area contributed by atoms with E-state index in [-0.39, 0.29) is 24.0 Å². The minimum Gasteiger partial charge on any atom is -0.496 e. The lowest BCUT2D eigenvalue weighted by atomic mass is 10.2. The van der Waals surface area contributed by atoms with Crippen molar-refractivity contribution in [3.63, 3.8) is 0 Å². The van der Waals surface area contributed by atoms with Crippen LogP contribution in [0.15, 0.2) is 41.9 Å². The summed E-state index contributed by atoms with van der Waals surface area (Å²) in [6.07, 6.45) is 1.78. The Balaban J connectivity index is 0.00000400. The molecule has 5 nitrogen and oxygen atoms in total. The largest absolute Gasteiger partial charge is 0.496 e. The molecule has 0 unspecified atom stereocenters. The van der Waals surface area contributed by atoms with Crippen LogP contribution < -0.4 is 15.4 Å². The van der Waals surface area contributed by atoms with Gasteiger partial charge in [0.25, 0.3) is 0 Å². The maximum absolute atomic E-state index is 5.62. The fourth-order valence-electron chi connectivity index (χ4n) is 1.64. The summed E-state index contributed by atoms with van der Waals surface area (Å²) in [6, 6.07) is 7.84. The van der Waals surface area contributed by atoms with Gasteiger partial charge in [-0.25, -0.2) is 0 Å². The van der Waals surface area contributed by atoms with Crippen LogP contribution in [0.1, 0.15) is 5.56 Å². The van der Waals surface area contributed by atoms with E-state index in [1.165, 1.54) is 0 Å². The Morgan fingerprint density at radius 3 is 2.76 bits per heavy atom. The second kappa shape index (κ2) is 12.5. The van der Waals surface area contributed by atoms with E-state index in [0.717, 1.165) is 17.3 Å².